The zero-order valence-electron chi connectivity index (χ0n) is 8.68. The normalized spacial score (nSPS) is 32.9. The molecule has 2 rings (SSSR count). The largest absolute Gasteiger partial charge is 0.394 e. The van der Waals surface area contributed by atoms with E-state index in [1.165, 1.54) is 6.20 Å². The van der Waals surface area contributed by atoms with Gasteiger partial charge in [-0.3, -0.25) is 4.79 Å². The van der Waals surface area contributed by atoms with Gasteiger partial charge in [-0.25, -0.2) is 9.36 Å². The highest BCUT2D eigenvalue weighted by atomic mass is 16.6. The van der Waals surface area contributed by atoms with Crippen molar-refractivity contribution in [2.45, 2.75) is 24.5 Å². The highest BCUT2D eigenvalue weighted by Gasteiger charge is 2.44. The Hall–Kier alpha value is -1.48. The highest BCUT2D eigenvalue weighted by molar-refractivity contribution is 4.93. The third-order valence-electron chi connectivity index (χ3n) is 2.66. The predicted molar refractivity (Wildman–Crippen MR) is 54.3 cm³/mol. The van der Waals surface area contributed by atoms with Crippen LogP contribution in [0.2, 0.25) is 0 Å². The van der Waals surface area contributed by atoms with Crippen LogP contribution in [-0.4, -0.2) is 49.8 Å². The maximum atomic E-state index is 11.5. The van der Waals surface area contributed by atoms with Crippen LogP contribution in [-0.2, 0) is 4.74 Å². The average Bonchev–Trinajstić information content (AvgIpc) is 2.57. The molecule has 2 heterocycles. The maximum absolute atomic E-state index is 11.5. The van der Waals surface area contributed by atoms with E-state index in [1.54, 1.807) is 0 Å². The summed E-state index contributed by atoms with van der Waals surface area (Å²) in [6.07, 6.45) is -3.96. The van der Waals surface area contributed by atoms with Crippen LogP contribution in [0.15, 0.2) is 21.9 Å². The molecule has 4 N–H and O–H groups in total. The topological polar surface area (TPSA) is 125 Å². The molecule has 1 aromatic heterocycles. The monoisotopic (exact) mass is 244 g/mol. The number of nitrogens with zero attached hydrogens (tertiary/aromatic N) is 1. The first-order valence-electron chi connectivity index (χ1n) is 4.99. The third-order valence-corrected chi connectivity index (χ3v) is 2.66. The van der Waals surface area contributed by atoms with Crippen LogP contribution < -0.4 is 11.2 Å². The lowest BCUT2D eigenvalue weighted by molar-refractivity contribution is -0.0564. The first-order valence-corrected chi connectivity index (χ1v) is 4.99. The Kier molecular flexibility index (Phi) is 3.11. The second kappa shape index (κ2) is 4.41. The van der Waals surface area contributed by atoms with E-state index in [0.29, 0.717) is 4.57 Å². The fraction of sp³-hybridized carbons (Fsp3) is 0.556. The molecule has 1 aliphatic heterocycles. The van der Waals surface area contributed by atoms with Gasteiger partial charge in [-0.15, -0.1) is 0 Å². The summed E-state index contributed by atoms with van der Waals surface area (Å²) in [5, 5.41) is 28.1. The van der Waals surface area contributed by atoms with E-state index < -0.39 is 42.4 Å². The average molecular weight is 244 g/mol. The summed E-state index contributed by atoms with van der Waals surface area (Å²) in [6, 6.07) is 1.09. The quantitative estimate of drug-likeness (QED) is 0.444. The Morgan fingerprint density at radius 2 is 2.06 bits per heavy atom. The van der Waals surface area contributed by atoms with Gasteiger partial charge in [0.15, 0.2) is 6.23 Å². The number of ether oxygens (including phenoxy) is 1. The van der Waals surface area contributed by atoms with E-state index in [4.69, 9.17) is 9.84 Å². The summed E-state index contributed by atoms with van der Waals surface area (Å²) in [4.78, 5) is 25.2. The van der Waals surface area contributed by atoms with Gasteiger partial charge in [0.25, 0.3) is 5.56 Å². The fourth-order valence-corrected chi connectivity index (χ4v) is 1.77. The van der Waals surface area contributed by atoms with Gasteiger partial charge in [-0.05, 0) is 0 Å². The predicted octanol–water partition coefficient (Wildman–Crippen LogP) is -2.85. The molecule has 0 amide bonds. The molecule has 0 radical (unpaired) electrons. The Morgan fingerprint density at radius 1 is 1.35 bits per heavy atom. The van der Waals surface area contributed by atoms with E-state index in [9.17, 15) is 19.8 Å². The smallest absolute Gasteiger partial charge is 0.330 e. The van der Waals surface area contributed by atoms with Crippen LogP contribution in [0.5, 0.6) is 0 Å². The Labute approximate surface area is 94.7 Å². The fourth-order valence-electron chi connectivity index (χ4n) is 1.77. The number of rotatable bonds is 2. The number of aliphatic hydroxyl groups is 3. The summed E-state index contributed by atoms with van der Waals surface area (Å²) >= 11 is 0. The summed E-state index contributed by atoms with van der Waals surface area (Å²) in [5.41, 5.74) is -1.42. The number of H-pyrrole nitrogens is 1. The van der Waals surface area contributed by atoms with E-state index in [1.807, 2.05) is 0 Å². The van der Waals surface area contributed by atoms with Crippen molar-refractivity contribution in [1.82, 2.24) is 9.55 Å². The van der Waals surface area contributed by atoms with Crippen LogP contribution >= 0.6 is 0 Å². The van der Waals surface area contributed by atoms with E-state index in [-0.39, 0.29) is 0 Å². The van der Waals surface area contributed by atoms with Crippen molar-refractivity contribution in [3.63, 3.8) is 0 Å². The molecule has 0 saturated carbocycles. The van der Waals surface area contributed by atoms with Gasteiger partial charge in [-0.1, -0.05) is 0 Å². The molecule has 8 heteroatoms. The molecule has 1 fully saturated rings. The summed E-state index contributed by atoms with van der Waals surface area (Å²) in [6.45, 7) is -0.520. The van der Waals surface area contributed by atoms with Gasteiger partial charge < -0.3 is 25.0 Å². The number of hydrogen-bond acceptors (Lipinski definition) is 6. The molecule has 4 atom stereocenters. The first kappa shape index (κ1) is 12.0. The molecule has 1 aliphatic rings. The Bertz CT molecular complexity index is 480. The van der Waals surface area contributed by atoms with E-state index in [0.717, 1.165) is 6.07 Å². The van der Waals surface area contributed by atoms with Crippen LogP contribution in [0.3, 0.4) is 0 Å². The molecule has 0 aromatic carbocycles. The molecule has 0 spiro atoms. The summed E-state index contributed by atoms with van der Waals surface area (Å²) < 4.78 is 5.73. The molecule has 94 valence electrons. The number of aromatic amines is 1. The zero-order chi connectivity index (χ0) is 12.6. The first-order chi connectivity index (χ1) is 8.06. The molecule has 1 aromatic rings. The van der Waals surface area contributed by atoms with Gasteiger partial charge in [-0.2, -0.15) is 0 Å². The zero-order valence-corrected chi connectivity index (χ0v) is 8.68. The third kappa shape index (κ3) is 1.91. The van der Waals surface area contributed by atoms with Gasteiger partial charge in [0.1, 0.15) is 18.3 Å². The van der Waals surface area contributed by atoms with E-state index >= 15 is 0 Å². The van der Waals surface area contributed by atoms with Crippen molar-refractivity contribution in [1.29, 1.82) is 0 Å². The second-order valence-corrected chi connectivity index (χ2v) is 3.72. The van der Waals surface area contributed by atoms with Gasteiger partial charge in [0, 0.05) is 12.3 Å². The lowest BCUT2D eigenvalue weighted by Gasteiger charge is -2.15. The van der Waals surface area contributed by atoms with Crippen molar-refractivity contribution in [2.24, 2.45) is 0 Å². The molecule has 8 nitrogen and oxygen atoms in total. The number of aliphatic hydroxyl groups excluding tert-OH is 3. The summed E-state index contributed by atoms with van der Waals surface area (Å²) in [5.74, 6) is 0. The lowest BCUT2D eigenvalue weighted by Crippen LogP contribution is -2.42. The minimum atomic E-state index is -1.45. The minimum Gasteiger partial charge on any atom is -0.394 e. The van der Waals surface area contributed by atoms with Crippen LogP contribution in [0.1, 0.15) is 6.23 Å². The SMILES string of the molecule is O=c1cc[nH]c(=O)n1[C@H]1O[C@H](CO)[C@H](O)[C@H]1O. The Balaban J connectivity index is 2.42. The van der Waals surface area contributed by atoms with Crippen LogP contribution in [0.4, 0.5) is 0 Å². The van der Waals surface area contributed by atoms with Gasteiger partial charge in [0.05, 0.1) is 6.61 Å². The Morgan fingerprint density at radius 3 is 2.59 bits per heavy atom. The van der Waals surface area contributed by atoms with Crippen LogP contribution in [0.25, 0.3) is 0 Å². The number of hydrogen-bond donors (Lipinski definition) is 4. The molecule has 0 bridgehead atoms. The highest BCUT2D eigenvalue weighted by Crippen LogP contribution is 2.26. The number of nitrogens with one attached hydrogen (secondary N) is 1. The van der Waals surface area contributed by atoms with Crippen molar-refractivity contribution >= 4 is 0 Å². The lowest BCUT2D eigenvalue weighted by atomic mass is 10.1. The van der Waals surface area contributed by atoms with Crippen molar-refractivity contribution in [3.05, 3.63) is 33.1 Å². The van der Waals surface area contributed by atoms with Crippen molar-refractivity contribution in [2.75, 3.05) is 6.61 Å². The van der Waals surface area contributed by atoms with Gasteiger partial charge >= 0.3 is 5.69 Å². The molecule has 0 aliphatic carbocycles. The van der Waals surface area contributed by atoms with Gasteiger partial charge in [0.2, 0.25) is 0 Å². The number of aromatic nitrogens is 2. The molecule has 17 heavy (non-hydrogen) atoms. The molecular formula is C9H12N2O6. The molecular weight excluding hydrogens is 232 g/mol. The van der Waals surface area contributed by atoms with Crippen molar-refractivity contribution in [3.8, 4) is 0 Å². The maximum Gasteiger partial charge on any atom is 0.330 e. The molecule has 0 unspecified atom stereocenters. The van der Waals surface area contributed by atoms with Crippen LogP contribution in [0, 0.1) is 0 Å². The summed E-state index contributed by atoms with van der Waals surface area (Å²) in [7, 11) is 0. The molecule has 1 saturated heterocycles. The minimum absolute atomic E-state index is 0.520. The van der Waals surface area contributed by atoms with Crippen molar-refractivity contribution < 1.29 is 20.1 Å². The van der Waals surface area contributed by atoms with E-state index in [2.05, 4.69) is 4.98 Å². The second-order valence-electron chi connectivity index (χ2n) is 3.72. The standard InChI is InChI=1S/C9H12N2O6/c12-3-4-6(14)7(15)8(17-4)11-5(13)1-2-10-9(11)16/h1-2,4,6-8,12,14-15H,3H2,(H,10,16)/t4-,6+,7-,8+/m1/s1.